The molecule has 2 fully saturated rings. The molecule has 1 N–H and O–H groups in total. The minimum atomic E-state index is 0.366. The number of nitrogens with zero attached hydrogens (tertiary/aromatic N) is 1. The fourth-order valence-electron chi connectivity index (χ4n) is 3.33. The van der Waals surface area contributed by atoms with E-state index in [0.717, 1.165) is 24.4 Å². The molecule has 3 atom stereocenters. The van der Waals surface area contributed by atoms with Gasteiger partial charge in [-0.05, 0) is 51.0 Å². The molecule has 0 aromatic rings. The van der Waals surface area contributed by atoms with Gasteiger partial charge in [-0.2, -0.15) is 0 Å². The quantitative estimate of drug-likeness (QED) is 0.748. The van der Waals surface area contributed by atoms with Crippen LogP contribution in [0.1, 0.15) is 45.4 Å². The summed E-state index contributed by atoms with van der Waals surface area (Å²) in [5.74, 6) is 0.905. The normalized spacial score (nSPS) is 38.6. The summed E-state index contributed by atoms with van der Waals surface area (Å²) in [6, 6.07) is 1.65. The first-order valence-corrected chi connectivity index (χ1v) is 6.19. The molecule has 0 bridgehead atoms. The molecule has 2 heterocycles. The number of hydrogen-bond acceptors (Lipinski definition) is 2. The number of rotatable bonds is 3. The van der Waals surface area contributed by atoms with Crippen molar-refractivity contribution in [2.75, 3.05) is 13.2 Å². The van der Waals surface area contributed by atoms with Crippen molar-refractivity contribution in [1.82, 2.24) is 4.90 Å². The van der Waals surface area contributed by atoms with E-state index in [1.165, 1.54) is 38.6 Å². The van der Waals surface area contributed by atoms with Crippen LogP contribution in [0.4, 0.5) is 0 Å². The Morgan fingerprint density at radius 3 is 2.93 bits per heavy atom. The van der Waals surface area contributed by atoms with E-state index >= 15 is 0 Å². The molecule has 0 saturated carbocycles. The van der Waals surface area contributed by atoms with Crippen molar-refractivity contribution in [2.24, 2.45) is 5.92 Å². The molecule has 2 nitrogen and oxygen atoms in total. The Morgan fingerprint density at radius 1 is 1.29 bits per heavy atom. The second-order valence-electron chi connectivity index (χ2n) is 5.02. The van der Waals surface area contributed by atoms with Crippen LogP contribution in [0.3, 0.4) is 0 Å². The molecular formula is C12H23NO. The lowest BCUT2D eigenvalue weighted by atomic mass is 9.86. The topological polar surface area (TPSA) is 23.5 Å². The summed E-state index contributed by atoms with van der Waals surface area (Å²) in [6.45, 7) is 4.08. The van der Waals surface area contributed by atoms with Crippen LogP contribution in [-0.2, 0) is 0 Å². The number of fused-ring (bicyclic) bond motifs is 1. The van der Waals surface area contributed by atoms with E-state index in [1.54, 1.807) is 0 Å². The van der Waals surface area contributed by atoms with Crippen LogP contribution in [0.5, 0.6) is 0 Å². The van der Waals surface area contributed by atoms with Gasteiger partial charge in [0.2, 0.25) is 0 Å². The smallest absolute Gasteiger partial charge is 0.0431 e. The molecule has 0 aliphatic carbocycles. The molecule has 3 unspecified atom stereocenters. The lowest BCUT2D eigenvalue weighted by Crippen LogP contribution is -2.46. The van der Waals surface area contributed by atoms with E-state index in [4.69, 9.17) is 5.11 Å². The molecule has 2 aliphatic heterocycles. The van der Waals surface area contributed by atoms with E-state index < -0.39 is 0 Å². The van der Waals surface area contributed by atoms with Gasteiger partial charge in [-0.15, -0.1) is 0 Å². The van der Waals surface area contributed by atoms with Gasteiger partial charge in [0.1, 0.15) is 0 Å². The predicted molar refractivity (Wildman–Crippen MR) is 58.2 cm³/mol. The number of aliphatic hydroxyl groups is 1. The highest BCUT2D eigenvalue weighted by Crippen LogP contribution is 2.36. The summed E-state index contributed by atoms with van der Waals surface area (Å²) in [6.07, 6.45) is 7.76. The lowest BCUT2D eigenvalue weighted by molar-refractivity contribution is 0.0722. The Labute approximate surface area is 87.3 Å². The minimum Gasteiger partial charge on any atom is -0.396 e. The average molecular weight is 197 g/mol. The van der Waals surface area contributed by atoms with Crippen molar-refractivity contribution in [2.45, 2.75) is 57.5 Å². The van der Waals surface area contributed by atoms with Crippen LogP contribution in [0.25, 0.3) is 0 Å². The average Bonchev–Trinajstić information content (AvgIpc) is 2.66. The molecule has 0 aromatic carbocycles. The first-order valence-electron chi connectivity index (χ1n) is 6.19. The van der Waals surface area contributed by atoms with Crippen LogP contribution in [0.2, 0.25) is 0 Å². The molecule has 0 aromatic heterocycles. The van der Waals surface area contributed by atoms with Gasteiger partial charge in [0.15, 0.2) is 0 Å². The van der Waals surface area contributed by atoms with Gasteiger partial charge in [-0.3, -0.25) is 4.90 Å². The van der Waals surface area contributed by atoms with Gasteiger partial charge < -0.3 is 5.11 Å². The van der Waals surface area contributed by atoms with Crippen molar-refractivity contribution >= 4 is 0 Å². The van der Waals surface area contributed by atoms with E-state index in [9.17, 15) is 0 Å². The predicted octanol–water partition coefficient (Wildman–Crippen LogP) is 2.02. The monoisotopic (exact) mass is 197 g/mol. The van der Waals surface area contributed by atoms with E-state index in [1.807, 2.05) is 0 Å². The third kappa shape index (κ3) is 1.96. The summed E-state index contributed by atoms with van der Waals surface area (Å²) in [7, 11) is 0. The van der Waals surface area contributed by atoms with Gasteiger partial charge in [0.05, 0.1) is 0 Å². The van der Waals surface area contributed by atoms with E-state index in [-0.39, 0.29) is 0 Å². The highest BCUT2D eigenvalue weighted by Gasteiger charge is 2.37. The Bertz CT molecular complexity index is 181. The number of aliphatic hydroxyl groups excluding tert-OH is 1. The second-order valence-corrected chi connectivity index (χ2v) is 5.02. The van der Waals surface area contributed by atoms with Gasteiger partial charge >= 0.3 is 0 Å². The summed E-state index contributed by atoms with van der Waals surface area (Å²) in [5.41, 5.74) is 0. The number of piperidine rings is 1. The molecule has 0 radical (unpaired) electrons. The molecule has 2 heteroatoms. The SMILES string of the molecule is CC1CCC(CCCO)N2CCCC12. The Balaban J connectivity index is 1.92. The Hall–Kier alpha value is -0.0800. The molecule has 2 saturated heterocycles. The molecule has 2 rings (SSSR count). The van der Waals surface area contributed by atoms with Crippen molar-refractivity contribution < 1.29 is 5.11 Å². The zero-order valence-corrected chi connectivity index (χ0v) is 9.28. The van der Waals surface area contributed by atoms with Crippen molar-refractivity contribution in [1.29, 1.82) is 0 Å². The van der Waals surface area contributed by atoms with Crippen molar-refractivity contribution in [3.63, 3.8) is 0 Å². The van der Waals surface area contributed by atoms with Crippen LogP contribution < -0.4 is 0 Å². The first-order chi connectivity index (χ1) is 6.83. The molecular weight excluding hydrogens is 174 g/mol. The van der Waals surface area contributed by atoms with E-state index in [0.29, 0.717) is 6.61 Å². The summed E-state index contributed by atoms with van der Waals surface area (Å²) < 4.78 is 0. The van der Waals surface area contributed by atoms with Crippen LogP contribution in [0, 0.1) is 5.92 Å². The van der Waals surface area contributed by atoms with Gasteiger partial charge in [0, 0.05) is 18.7 Å². The third-order valence-electron chi connectivity index (χ3n) is 4.12. The zero-order valence-electron chi connectivity index (χ0n) is 9.28. The van der Waals surface area contributed by atoms with Gasteiger partial charge in [0.25, 0.3) is 0 Å². The van der Waals surface area contributed by atoms with Gasteiger partial charge in [-0.25, -0.2) is 0 Å². The molecule has 2 aliphatic rings. The lowest BCUT2D eigenvalue weighted by Gasteiger charge is -2.41. The van der Waals surface area contributed by atoms with Gasteiger partial charge in [-0.1, -0.05) is 6.92 Å². The van der Waals surface area contributed by atoms with Crippen LogP contribution >= 0.6 is 0 Å². The highest BCUT2D eigenvalue weighted by molar-refractivity contribution is 4.92. The fourth-order valence-corrected chi connectivity index (χ4v) is 3.33. The van der Waals surface area contributed by atoms with Crippen molar-refractivity contribution in [3.8, 4) is 0 Å². The highest BCUT2D eigenvalue weighted by atomic mass is 16.2. The van der Waals surface area contributed by atoms with E-state index in [2.05, 4.69) is 11.8 Å². The Kier molecular flexibility index (Phi) is 3.45. The zero-order chi connectivity index (χ0) is 9.97. The molecule has 0 amide bonds. The van der Waals surface area contributed by atoms with Crippen LogP contribution in [-0.4, -0.2) is 35.2 Å². The third-order valence-corrected chi connectivity index (χ3v) is 4.12. The standard InChI is InChI=1S/C12H23NO/c1-10-6-7-11(4-3-9-14)13-8-2-5-12(10)13/h10-12,14H,2-9H2,1H3. The first kappa shape index (κ1) is 10.4. The maximum absolute atomic E-state index is 8.87. The molecule has 14 heavy (non-hydrogen) atoms. The largest absolute Gasteiger partial charge is 0.396 e. The number of hydrogen-bond donors (Lipinski definition) is 1. The fraction of sp³-hybridized carbons (Fsp3) is 1.00. The second kappa shape index (κ2) is 4.63. The molecule has 82 valence electrons. The maximum Gasteiger partial charge on any atom is 0.0431 e. The summed E-state index contributed by atoms with van der Waals surface area (Å²) in [5, 5.41) is 8.87. The summed E-state index contributed by atoms with van der Waals surface area (Å²) in [4.78, 5) is 2.73. The minimum absolute atomic E-state index is 0.366. The molecule has 0 spiro atoms. The van der Waals surface area contributed by atoms with Crippen molar-refractivity contribution in [3.05, 3.63) is 0 Å². The maximum atomic E-state index is 8.87. The van der Waals surface area contributed by atoms with Crippen LogP contribution in [0.15, 0.2) is 0 Å². The Morgan fingerprint density at radius 2 is 2.14 bits per heavy atom. The summed E-state index contributed by atoms with van der Waals surface area (Å²) >= 11 is 0.